The molecule has 0 fully saturated rings. The van der Waals surface area contributed by atoms with Crippen LogP contribution in [0.5, 0.6) is 5.75 Å². The average Bonchev–Trinajstić information content (AvgIpc) is 2.23. The van der Waals surface area contributed by atoms with E-state index in [0.29, 0.717) is 10.8 Å². The Hall–Kier alpha value is -1.02. The molecular weight excluding hydrogens is 212 g/mol. The Morgan fingerprint density at radius 1 is 1.27 bits per heavy atom. The van der Waals surface area contributed by atoms with Crippen LogP contribution in [0.4, 0.5) is 0 Å². The van der Waals surface area contributed by atoms with E-state index in [4.69, 9.17) is 16.3 Å². The molecule has 0 bridgehead atoms. The number of rotatable bonds is 4. The van der Waals surface area contributed by atoms with E-state index in [1.807, 2.05) is 13.8 Å². The van der Waals surface area contributed by atoms with E-state index < -0.39 is 0 Å². The van der Waals surface area contributed by atoms with Crippen LogP contribution in [0.1, 0.15) is 26.7 Å². The van der Waals surface area contributed by atoms with Crippen LogP contribution in [0.25, 0.3) is 0 Å². The molecular formula is C12H15ClO2. The fraction of sp³-hybridized carbons (Fsp3) is 0.417. The third-order valence-electron chi connectivity index (χ3n) is 2.35. The second-order valence-electron chi connectivity index (χ2n) is 3.39. The van der Waals surface area contributed by atoms with Gasteiger partial charge in [-0.3, -0.25) is 4.79 Å². The van der Waals surface area contributed by atoms with E-state index in [2.05, 4.69) is 0 Å². The lowest BCUT2D eigenvalue weighted by molar-refractivity contribution is -0.139. The van der Waals surface area contributed by atoms with Gasteiger partial charge in [0.1, 0.15) is 5.75 Å². The molecule has 0 amide bonds. The molecule has 0 spiro atoms. The maximum absolute atomic E-state index is 11.6. The molecule has 15 heavy (non-hydrogen) atoms. The van der Waals surface area contributed by atoms with Gasteiger partial charge in [-0.15, -0.1) is 0 Å². The van der Waals surface area contributed by atoms with Gasteiger partial charge < -0.3 is 4.74 Å². The molecule has 0 aromatic heterocycles. The molecule has 0 aliphatic rings. The summed E-state index contributed by atoms with van der Waals surface area (Å²) in [6.45, 7) is 3.97. The molecule has 0 saturated heterocycles. The summed E-state index contributed by atoms with van der Waals surface area (Å²) < 4.78 is 5.22. The number of carbonyl (C=O) groups excluding carboxylic acids is 1. The van der Waals surface area contributed by atoms with E-state index >= 15 is 0 Å². The number of carbonyl (C=O) groups is 1. The van der Waals surface area contributed by atoms with Gasteiger partial charge in [0.15, 0.2) is 0 Å². The highest BCUT2D eigenvalue weighted by Gasteiger charge is 2.16. The Morgan fingerprint density at radius 2 is 1.80 bits per heavy atom. The van der Waals surface area contributed by atoms with Crippen molar-refractivity contribution < 1.29 is 9.53 Å². The fourth-order valence-corrected chi connectivity index (χ4v) is 1.45. The molecule has 0 saturated carbocycles. The van der Waals surface area contributed by atoms with Gasteiger partial charge in [-0.25, -0.2) is 0 Å². The number of hydrogen-bond acceptors (Lipinski definition) is 2. The smallest absolute Gasteiger partial charge is 0.314 e. The Bertz CT molecular complexity index is 315. The first-order chi connectivity index (χ1) is 7.17. The minimum absolute atomic E-state index is 0.0133. The van der Waals surface area contributed by atoms with Gasteiger partial charge in [-0.1, -0.05) is 25.4 Å². The number of hydrogen-bond donors (Lipinski definition) is 0. The highest BCUT2D eigenvalue weighted by Crippen LogP contribution is 2.18. The molecule has 1 aromatic rings. The number of halogens is 1. The van der Waals surface area contributed by atoms with Gasteiger partial charge >= 0.3 is 5.97 Å². The second kappa shape index (κ2) is 5.76. The Labute approximate surface area is 95.2 Å². The van der Waals surface area contributed by atoms with Crippen LogP contribution in [-0.4, -0.2) is 5.97 Å². The van der Waals surface area contributed by atoms with Crippen LogP contribution in [0, 0.1) is 5.92 Å². The molecule has 0 radical (unpaired) electrons. The van der Waals surface area contributed by atoms with E-state index in [1.165, 1.54) is 0 Å². The first-order valence-corrected chi connectivity index (χ1v) is 5.52. The monoisotopic (exact) mass is 226 g/mol. The van der Waals surface area contributed by atoms with Gasteiger partial charge in [0.05, 0.1) is 5.92 Å². The van der Waals surface area contributed by atoms with Crippen LogP contribution < -0.4 is 4.74 Å². The zero-order valence-corrected chi connectivity index (χ0v) is 9.75. The zero-order chi connectivity index (χ0) is 11.3. The van der Waals surface area contributed by atoms with E-state index in [-0.39, 0.29) is 11.9 Å². The normalized spacial score (nSPS) is 10.4. The number of ether oxygens (including phenoxy) is 1. The summed E-state index contributed by atoms with van der Waals surface area (Å²) in [5, 5.41) is 0.636. The highest BCUT2D eigenvalue weighted by atomic mass is 35.5. The third kappa shape index (κ3) is 3.56. The van der Waals surface area contributed by atoms with E-state index in [1.54, 1.807) is 24.3 Å². The van der Waals surface area contributed by atoms with Crippen molar-refractivity contribution in [2.45, 2.75) is 26.7 Å². The van der Waals surface area contributed by atoms with Crippen molar-refractivity contribution in [3.63, 3.8) is 0 Å². The molecule has 0 atom stereocenters. The van der Waals surface area contributed by atoms with Gasteiger partial charge in [-0.2, -0.15) is 0 Å². The molecule has 1 aromatic carbocycles. The zero-order valence-electron chi connectivity index (χ0n) is 9.00. The lowest BCUT2D eigenvalue weighted by Crippen LogP contribution is -2.19. The van der Waals surface area contributed by atoms with Crippen LogP contribution in [-0.2, 0) is 4.79 Å². The topological polar surface area (TPSA) is 26.3 Å². The summed E-state index contributed by atoms with van der Waals surface area (Å²) in [4.78, 5) is 11.6. The van der Waals surface area contributed by atoms with Crippen LogP contribution in [0.15, 0.2) is 24.3 Å². The predicted octanol–water partition coefficient (Wildman–Crippen LogP) is 3.68. The summed E-state index contributed by atoms with van der Waals surface area (Å²) >= 11 is 5.72. The third-order valence-corrected chi connectivity index (χ3v) is 2.60. The summed E-state index contributed by atoms with van der Waals surface area (Å²) in [6, 6.07) is 6.80. The second-order valence-corrected chi connectivity index (χ2v) is 3.82. The van der Waals surface area contributed by atoms with Crippen molar-refractivity contribution >= 4 is 17.6 Å². The van der Waals surface area contributed by atoms with Crippen LogP contribution in [0.3, 0.4) is 0 Å². The van der Waals surface area contributed by atoms with Crippen molar-refractivity contribution in [1.82, 2.24) is 0 Å². The fourth-order valence-electron chi connectivity index (χ4n) is 1.32. The average molecular weight is 227 g/mol. The lowest BCUT2D eigenvalue weighted by atomic mass is 10.0. The minimum atomic E-state index is -0.165. The van der Waals surface area contributed by atoms with Gasteiger partial charge in [0.2, 0.25) is 0 Å². The largest absolute Gasteiger partial charge is 0.426 e. The molecule has 1 rings (SSSR count). The van der Waals surface area contributed by atoms with Crippen LogP contribution >= 0.6 is 11.6 Å². The SMILES string of the molecule is CCC(CC)C(=O)Oc1ccc(Cl)cc1. The van der Waals surface area contributed by atoms with E-state index in [9.17, 15) is 4.79 Å². The first-order valence-electron chi connectivity index (χ1n) is 5.14. The van der Waals surface area contributed by atoms with Gasteiger partial charge in [0, 0.05) is 5.02 Å². The molecule has 0 aliphatic heterocycles. The molecule has 0 N–H and O–H groups in total. The van der Waals surface area contributed by atoms with Crippen molar-refractivity contribution in [3.05, 3.63) is 29.3 Å². The molecule has 2 nitrogen and oxygen atoms in total. The number of benzene rings is 1. The predicted molar refractivity (Wildman–Crippen MR) is 61.2 cm³/mol. The summed E-state index contributed by atoms with van der Waals surface area (Å²) in [6.07, 6.45) is 1.62. The standard InChI is InChI=1S/C12H15ClO2/c1-3-9(4-2)12(14)15-11-7-5-10(13)6-8-11/h5-9H,3-4H2,1-2H3. The van der Waals surface area contributed by atoms with Crippen molar-refractivity contribution in [1.29, 1.82) is 0 Å². The maximum Gasteiger partial charge on any atom is 0.314 e. The van der Waals surface area contributed by atoms with Gasteiger partial charge in [0.25, 0.3) is 0 Å². The van der Waals surface area contributed by atoms with Gasteiger partial charge in [-0.05, 0) is 37.1 Å². The number of esters is 1. The lowest BCUT2D eigenvalue weighted by Gasteiger charge is -2.11. The molecule has 0 unspecified atom stereocenters. The highest BCUT2D eigenvalue weighted by molar-refractivity contribution is 6.30. The summed E-state index contributed by atoms with van der Waals surface area (Å²) in [5.74, 6) is 0.374. The van der Waals surface area contributed by atoms with Crippen molar-refractivity contribution in [2.24, 2.45) is 5.92 Å². The first kappa shape index (κ1) is 12.1. The Kier molecular flexibility index (Phi) is 4.63. The molecule has 0 heterocycles. The Balaban J connectivity index is 2.61. The molecule has 0 aliphatic carbocycles. The van der Waals surface area contributed by atoms with E-state index in [0.717, 1.165) is 12.8 Å². The molecule has 82 valence electrons. The van der Waals surface area contributed by atoms with Crippen molar-refractivity contribution in [3.8, 4) is 5.75 Å². The van der Waals surface area contributed by atoms with Crippen LogP contribution in [0.2, 0.25) is 5.02 Å². The quantitative estimate of drug-likeness (QED) is 0.578. The summed E-state index contributed by atoms with van der Waals surface area (Å²) in [5.41, 5.74) is 0. The van der Waals surface area contributed by atoms with Crippen molar-refractivity contribution in [2.75, 3.05) is 0 Å². The minimum Gasteiger partial charge on any atom is -0.426 e. The molecule has 3 heteroatoms. The Morgan fingerprint density at radius 3 is 2.27 bits per heavy atom. The maximum atomic E-state index is 11.6. The summed E-state index contributed by atoms with van der Waals surface area (Å²) in [7, 11) is 0.